The zero-order chi connectivity index (χ0) is 14.5. The van der Waals surface area contributed by atoms with Crippen LogP contribution in [0.2, 0.25) is 0 Å². The van der Waals surface area contributed by atoms with Crippen LogP contribution in [0.3, 0.4) is 0 Å². The Kier molecular flexibility index (Phi) is 5.66. The number of piperidine rings is 1. The predicted octanol–water partition coefficient (Wildman–Crippen LogP) is 0.770. The van der Waals surface area contributed by atoms with E-state index >= 15 is 0 Å². The summed E-state index contributed by atoms with van der Waals surface area (Å²) in [5, 5.41) is 0. The number of alkyl halides is 1. The molecule has 20 heavy (non-hydrogen) atoms. The lowest BCUT2D eigenvalue weighted by Gasteiger charge is -2.36. The Morgan fingerprint density at radius 2 is 1.75 bits per heavy atom. The van der Waals surface area contributed by atoms with Crippen molar-refractivity contribution in [2.24, 2.45) is 0 Å². The quantitative estimate of drug-likeness (QED) is 0.721. The van der Waals surface area contributed by atoms with Crippen molar-refractivity contribution >= 4 is 23.4 Å². The van der Waals surface area contributed by atoms with Gasteiger partial charge in [0.2, 0.25) is 11.8 Å². The van der Waals surface area contributed by atoms with Crippen LogP contribution in [0.4, 0.5) is 0 Å². The van der Waals surface area contributed by atoms with Crippen molar-refractivity contribution < 1.29 is 9.59 Å². The summed E-state index contributed by atoms with van der Waals surface area (Å²) in [6.45, 7) is 4.12. The Morgan fingerprint density at radius 1 is 1.15 bits per heavy atom. The predicted molar refractivity (Wildman–Crippen MR) is 78.8 cm³/mol. The lowest BCUT2D eigenvalue weighted by atomic mass is 10.0. The first-order chi connectivity index (χ1) is 9.61. The molecule has 0 radical (unpaired) electrons. The van der Waals surface area contributed by atoms with Crippen LogP contribution in [0.1, 0.15) is 25.7 Å². The van der Waals surface area contributed by atoms with Gasteiger partial charge in [-0.15, -0.1) is 11.6 Å². The number of amides is 2. The SMILES string of the molecule is CN(C(=O)CCl)C1CCN(CC(=O)N2CCCC2)CC1. The largest absolute Gasteiger partial charge is 0.342 e. The number of hydrogen-bond acceptors (Lipinski definition) is 3. The summed E-state index contributed by atoms with van der Waals surface area (Å²) < 4.78 is 0. The lowest BCUT2D eigenvalue weighted by molar-refractivity contribution is -0.133. The highest BCUT2D eigenvalue weighted by atomic mass is 35.5. The number of rotatable bonds is 4. The van der Waals surface area contributed by atoms with E-state index in [0.717, 1.165) is 51.9 Å². The van der Waals surface area contributed by atoms with Crippen LogP contribution in [-0.4, -0.2) is 78.2 Å². The van der Waals surface area contributed by atoms with Gasteiger partial charge >= 0.3 is 0 Å². The Hall–Kier alpha value is -0.810. The summed E-state index contributed by atoms with van der Waals surface area (Å²) in [6, 6.07) is 0.263. The van der Waals surface area contributed by atoms with Gasteiger partial charge < -0.3 is 9.80 Å². The molecule has 0 unspecified atom stereocenters. The zero-order valence-electron chi connectivity index (χ0n) is 12.2. The summed E-state index contributed by atoms with van der Waals surface area (Å²) >= 11 is 5.58. The fourth-order valence-corrected chi connectivity index (χ4v) is 3.21. The van der Waals surface area contributed by atoms with Crippen molar-refractivity contribution in [2.45, 2.75) is 31.7 Å². The molecular weight excluding hydrogens is 278 g/mol. The molecule has 0 atom stereocenters. The summed E-state index contributed by atoms with van der Waals surface area (Å²) in [6.07, 6.45) is 4.12. The monoisotopic (exact) mass is 301 g/mol. The third-order valence-electron chi connectivity index (χ3n) is 4.43. The van der Waals surface area contributed by atoms with E-state index in [1.54, 1.807) is 4.90 Å². The molecule has 0 saturated carbocycles. The average molecular weight is 302 g/mol. The lowest BCUT2D eigenvalue weighted by Crippen LogP contribution is -2.48. The molecule has 2 fully saturated rings. The first kappa shape index (κ1) is 15.6. The molecule has 2 saturated heterocycles. The molecule has 0 aromatic rings. The molecule has 0 aromatic carbocycles. The first-order valence-electron chi connectivity index (χ1n) is 7.43. The molecule has 0 aliphatic carbocycles. The maximum Gasteiger partial charge on any atom is 0.237 e. The number of likely N-dealkylation sites (tertiary alicyclic amines) is 2. The molecule has 114 valence electrons. The Bertz CT molecular complexity index is 350. The molecule has 5 nitrogen and oxygen atoms in total. The average Bonchev–Trinajstić information content (AvgIpc) is 3.01. The van der Waals surface area contributed by atoms with Gasteiger partial charge in [-0.25, -0.2) is 0 Å². The van der Waals surface area contributed by atoms with E-state index in [-0.39, 0.29) is 23.7 Å². The van der Waals surface area contributed by atoms with E-state index in [1.165, 1.54) is 0 Å². The normalized spacial score (nSPS) is 21.2. The molecule has 2 aliphatic rings. The second-order valence-corrected chi connectivity index (χ2v) is 6.00. The maximum absolute atomic E-state index is 12.1. The number of halogens is 1. The van der Waals surface area contributed by atoms with Gasteiger partial charge in [0, 0.05) is 39.3 Å². The van der Waals surface area contributed by atoms with E-state index < -0.39 is 0 Å². The van der Waals surface area contributed by atoms with Crippen molar-refractivity contribution in [1.82, 2.24) is 14.7 Å². The van der Waals surface area contributed by atoms with E-state index in [9.17, 15) is 9.59 Å². The summed E-state index contributed by atoms with van der Waals surface area (Å²) in [5.74, 6) is 0.286. The molecule has 2 aliphatic heterocycles. The third-order valence-corrected chi connectivity index (χ3v) is 4.66. The van der Waals surface area contributed by atoms with Crippen LogP contribution in [0.15, 0.2) is 0 Å². The highest BCUT2D eigenvalue weighted by Crippen LogP contribution is 2.16. The molecule has 0 aromatic heterocycles. The molecule has 0 spiro atoms. The van der Waals surface area contributed by atoms with E-state index in [2.05, 4.69) is 4.90 Å². The standard InChI is InChI=1S/C14H24ClN3O2/c1-16(13(19)10-15)12-4-8-17(9-5-12)11-14(20)18-6-2-3-7-18/h12H,2-11H2,1H3. The van der Waals surface area contributed by atoms with Gasteiger partial charge in [-0.05, 0) is 25.7 Å². The van der Waals surface area contributed by atoms with Crippen molar-refractivity contribution in [3.8, 4) is 0 Å². The number of hydrogen-bond donors (Lipinski definition) is 0. The maximum atomic E-state index is 12.1. The number of carbonyl (C=O) groups excluding carboxylic acids is 2. The van der Waals surface area contributed by atoms with Crippen LogP contribution >= 0.6 is 11.6 Å². The van der Waals surface area contributed by atoms with Crippen LogP contribution in [0.5, 0.6) is 0 Å². The van der Waals surface area contributed by atoms with E-state index in [4.69, 9.17) is 11.6 Å². The fraction of sp³-hybridized carbons (Fsp3) is 0.857. The minimum absolute atomic E-state index is 0.0155. The van der Waals surface area contributed by atoms with Crippen LogP contribution in [0, 0.1) is 0 Å². The highest BCUT2D eigenvalue weighted by Gasteiger charge is 2.27. The second-order valence-electron chi connectivity index (χ2n) is 5.73. The summed E-state index contributed by atoms with van der Waals surface area (Å²) in [4.78, 5) is 29.6. The molecular formula is C14H24ClN3O2. The molecule has 6 heteroatoms. The number of carbonyl (C=O) groups is 2. The molecule has 2 amide bonds. The van der Waals surface area contributed by atoms with E-state index in [0.29, 0.717) is 6.54 Å². The highest BCUT2D eigenvalue weighted by molar-refractivity contribution is 6.27. The van der Waals surface area contributed by atoms with Crippen molar-refractivity contribution in [2.75, 3.05) is 45.7 Å². The minimum Gasteiger partial charge on any atom is -0.342 e. The van der Waals surface area contributed by atoms with Gasteiger partial charge in [-0.1, -0.05) is 0 Å². The van der Waals surface area contributed by atoms with Gasteiger partial charge in [0.05, 0.1) is 6.54 Å². The Balaban J connectivity index is 1.73. The van der Waals surface area contributed by atoms with Gasteiger partial charge in [-0.3, -0.25) is 14.5 Å². The Labute approximate surface area is 125 Å². The minimum atomic E-state index is -0.0155. The zero-order valence-corrected chi connectivity index (χ0v) is 12.9. The smallest absolute Gasteiger partial charge is 0.237 e. The van der Waals surface area contributed by atoms with Gasteiger partial charge in [-0.2, -0.15) is 0 Å². The second kappa shape index (κ2) is 7.27. The van der Waals surface area contributed by atoms with Crippen LogP contribution in [-0.2, 0) is 9.59 Å². The van der Waals surface area contributed by atoms with Gasteiger partial charge in [0.1, 0.15) is 5.88 Å². The Morgan fingerprint density at radius 3 is 2.30 bits per heavy atom. The van der Waals surface area contributed by atoms with Crippen molar-refractivity contribution in [1.29, 1.82) is 0 Å². The van der Waals surface area contributed by atoms with Gasteiger partial charge in [0.25, 0.3) is 0 Å². The fourth-order valence-electron chi connectivity index (χ4n) is 3.02. The molecule has 0 N–H and O–H groups in total. The molecule has 2 heterocycles. The topological polar surface area (TPSA) is 43.9 Å². The van der Waals surface area contributed by atoms with Gasteiger partial charge in [0.15, 0.2) is 0 Å². The first-order valence-corrected chi connectivity index (χ1v) is 7.97. The van der Waals surface area contributed by atoms with E-state index in [1.807, 2.05) is 11.9 Å². The van der Waals surface area contributed by atoms with Crippen molar-refractivity contribution in [3.05, 3.63) is 0 Å². The van der Waals surface area contributed by atoms with Crippen molar-refractivity contribution in [3.63, 3.8) is 0 Å². The van der Waals surface area contributed by atoms with Crippen LogP contribution in [0.25, 0.3) is 0 Å². The molecule has 2 rings (SSSR count). The number of nitrogens with zero attached hydrogens (tertiary/aromatic N) is 3. The molecule has 0 bridgehead atoms. The summed E-state index contributed by atoms with van der Waals surface area (Å²) in [7, 11) is 1.82. The third kappa shape index (κ3) is 3.85. The van der Waals surface area contributed by atoms with Crippen LogP contribution < -0.4 is 0 Å². The summed E-state index contributed by atoms with van der Waals surface area (Å²) in [5.41, 5.74) is 0.